The van der Waals surface area contributed by atoms with E-state index in [0.29, 0.717) is 18.8 Å². The van der Waals surface area contributed by atoms with Crippen LogP contribution in [0.3, 0.4) is 0 Å². The summed E-state index contributed by atoms with van der Waals surface area (Å²) in [6.07, 6.45) is 1.89. The summed E-state index contributed by atoms with van der Waals surface area (Å²) in [6, 6.07) is 18.5. The van der Waals surface area contributed by atoms with Crippen molar-refractivity contribution in [1.29, 1.82) is 5.26 Å². The molecule has 136 valence electrons. The largest absolute Gasteiger partial charge is 0.378 e. The summed E-state index contributed by atoms with van der Waals surface area (Å²) in [5.41, 5.74) is 5.21. The quantitative estimate of drug-likeness (QED) is 0.770. The first kappa shape index (κ1) is 17.5. The molecule has 0 amide bonds. The third-order valence-corrected chi connectivity index (χ3v) is 4.95. The molecule has 1 aromatic heterocycles. The van der Waals surface area contributed by atoms with Gasteiger partial charge in [0.05, 0.1) is 42.8 Å². The first-order valence-corrected chi connectivity index (χ1v) is 9.16. The van der Waals surface area contributed by atoms with Crippen LogP contribution in [-0.2, 0) is 11.3 Å². The second-order valence-electron chi connectivity index (χ2n) is 6.92. The number of hydrogen-bond donors (Lipinski definition) is 1. The van der Waals surface area contributed by atoms with E-state index in [1.54, 1.807) is 0 Å². The van der Waals surface area contributed by atoms with Crippen molar-refractivity contribution in [1.82, 2.24) is 14.9 Å². The average Bonchev–Trinajstić information content (AvgIpc) is 3.19. The average molecular weight is 358 g/mol. The van der Waals surface area contributed by atoms with Gasteiger partial charge >= 0.3 is 0 Å². The SMILES string of the molecule is Cc1ccc(-c2cnc([C@@H]3COCCN3Cc3cccc(C#N)c3)[nH]2)cc1. The minimum absolute atomic E-state index is 0.0729. The third-order valence-electron chi connectivity index (χ3n) is 4.95. The Morgan fingerprint density at radius 3 is 2.93 bits per heavy atom. The Bertz CT molecular complexity index is 955. The number of hydrogen-bond acceptors (Lipinski definition) is 4. The van der Waals surface area contributed by atoms with Crippen molar-refractivity contribution in [3.8, 4) is 17.3 Å². The van der Waals surface area contributed by atoms with E-state index in [0.717, 1.165) is 35.7 Å². The molecule has 0 saturated carbocycles. The van der Waals surface area contributed by atoms with Crippen LogP contribution in [0.1, 0.15) is 28.6 Å². The number of rotatable bonds is 4. The van der Waals surface area contributed by atoms with Crippen molar-refractivity contribution >= 4 is 0 Å². The molecule has 1 atom stereocenters. The van der Waals surface area contributed by atoms with Crippen LogP contribution in [0.25, 0.3) is 11.3 Å². The highest BCUT2D eigenvalue weighted by Crippen LogP contribution is 2.26. The van der Waals surface area contributed by atoms with E-state index in [2.05, 4.69) is 58.2 Å². The van der Waals surface area contributed by atoms with Crippen LogP contribution in [0, 0.1) is 18.3 Å². The number of aromatic amines is 1. The van der Waals surface area contributed by atoms with Gasteiger partial charge in [0.2, 0.25) is 0 Å². The molecule has 0 aliphatic carbocycles. The molecular formula is C22H22N4O. The zero-order valence-corrected chi connectivity index (χ0v) is 15.4. The van der Waals surface area contributed by atoms with Crippen LogP contribution < -0.4 is 0 Å². The van der Waals surface area contributed by atoms with Crippen LogP contribution in [0.5, 0.6) is 0 Å². The number of nitrogens with zero attached hydrogens (tertiary/aromatic N) is 3. The lowest BCUT2D eigenvalue weighted by Crippen LogP contribution is -2.39. The molecule has 0 spiro atoms. The fourth-order valence-electron chi connectivity index (χ4n) is 3.44. The minimum atomic E-state index is 0.0729. The van der Waals surface area contributed by atoms with Crippen LogP contribution in [0.15, 0.2) is 54.7 Å². The van der Waals surface area contributed by atoms with Crippen molar-refractivity contribution < 1.29 is 4.74 Å². The Hall–Kier alpha value is -2.94. The maximum Gasteiger partial charge on any atom is 0.126 e. The fraction of sp³-hybridized carbons (Fsp3) is 0.273. The van der Waals surface area contributed by atoms with Gasteiger partial charge in [-0.2, -0.15) is 5.26 Å². The fourth-order valence-corrected chi connectivity index (χ4v) is 3.44. The van der Waals surface area contributed by atoms with Crippen LogP contribution in [0.2, 0.25) is 0 Å². The molecule has 0 bridgehead atoms. The maximum atomic E-state index is 9.13. The Morgan fingerprint density at radius 1 is 1.26 bits per heavy atom. The molecular weight excluding hydrogens is 336 g/mol. The van der Waals surface area contributed by atoms with E-state index in [1.165, 1.54) is 5.56 Å². The monoisotopic (exact) mass is 358 g/mol. The Labute approximate surface area is 159 Å². The van der Waals surface area contributed by atoms with Gasteiger partial charge in [-0.15, -0.1) is 0 Å². The van der Waals surface area contributed by atoms with Gasteiger partial charge in [0.1, 0.15) is 5.82 Å². The number of ether oxygens (including phenoxy) is 1. The summed E-state index contributed by atoms with van der Waals surface area (Å²) < 4.78 is 5.73. The highest BCUT2D eigenvalue weighted by atomic mass is 16.5. The van der Waals surface area contributed by atoms with Crippen molar-refractivity contribution in [3.63, 3.8) is 0 Å². The molecule has 5 nitrogen and oxygen atoms in total. The van der Waals surface area contributed by atoms with Gasteiger partial charge in [-0.1, -0.05) is 42.0 Å². The van der Waals surface area contributed by atoms with Gasteiger partial charge in [-0.05, 0) is 30.2 Å². The standard InChI is InChI=1S/C22H22N4O/c1-16-5-7-19(8-6-16)20-13-24-22(25-20)21-15-27-10-9-26(21)14-18-4-2-3-17(11-18)12-23/h2-8,11,13,21H,9-10,14-15H2,1H3,(H,24,25)/t21-/m0/s1. The number of morpholine rings is 1. The van der Waals surface area contributed by atoms with Gasteiger partial charge in [0.25, 0.3) is 0 Å². The highest BCUT2D eigenvalue weighted by molar-refractivity contribution is 5.58. The zero-order chi connectivity index (χ0) is 18.6. The molecule has 0 unspecified atom stereocenters. The van der Waals surface area contributed by atoms with E-state index in [9.17, 15) is 0 Å². The number of nitriles is 1. The van der Waals surface area contributed by atoms with Gasteiger partial charge < -0.3 is 9.72 Å². The molecule has 1 N–H and O–H groups in total. The molecule has 1 aliphatic heterocycles. The smallest absolute Gasteiger partial charge is 0.126 e. The number of imidazole rings is 1. The van der Waals surface area contributed by atoms with Crippen molar-refractivity contribution in [2.45, 2.75) is 19.5 Å². The molecule has 1 fully saturated rings. The Morgan fingerprint density at radius 2 is 2.11 bits per heavy atom. The molecule has 2 aromatic carbocycles. The predicted octanol–water partition coefficient (Wildman–Crippen LogP) is 3.83. The summed E-state index contributed by atoms with van der Waals surface area (Å²) in [7, 11) is 0. The number of nitrogens with one attached hydrogen (secondary N) is 1. The predicted molar refractivity (Wildman–Crippen MR) is 104 cm³/mol. The number of benzene rings is 2. The lowest BCUT2D eigenvalue weighted by molar-refractivity contribution is -0.0156. The lowest BCUT2D eigenvalue weighted by atomic mass is 10.1. The normalized spacial score (nSPS) is 17.6. The van der Waals surface area contributed by atoms with Crippen molar-refractivity contribution in [3.05, 3.63) is 77.2 Å². The molecule has 3 aromatic rings. The summed E-state index contributed by atoms with van der Waals surface area (Å²) in [5, 5.41) is 9.13. The summed E-state index contributed by atoms with van der Waals surface area (Å²) >= 11 is 0. The van der Waals surface area contributed by atoms with E-state index in [-0.39, 0.29) is 6.04 Å². The molecule has 2 heterocycles. The van der Waals surface area contributed by atoms with E-state index < -0.39 is 0 Å². The molecule has 27 heavy (non-hydrogen) atoms. The molecule has 4 rings (SSSR count). The van der Waals surface area contributed by atoms with E-state index in [4.69, 9.17) is 10.00 Å². The highest BCUT2D eigenvalue weighted by Gasteiger charge is 2.27. The third kappa shape index (κ3) is 3.92. The molecule has 1 saturated heterocycles. The van der Waals surface area contributed by atoms with Crippen LogP contribution in [0.4, 0.5) is 0 Å². The summed E-state index contributed by atoms with van der Waals surface area (Å²) in [4.78, 5) is 10.5. The minimum Gasteiger partial charge on any atom is -0.378 e. The Kier molecular flexibility index (Phi) is 5.01. The summed E-state index contributed by atoms with van der Waals surface area (Å²) in [5.74, 6) is 0.918. The van der Waals surface area contributed by atoms with E-state index >= 15 is 0 Å². The summed E-state index contributed by atoms with van der Waals surface area (Å²) in [6.45, 7) is 5.01. The van der Waals surface area contributed by atoms with Gasteiger partial charge in [0.15, 0.2) is 0 Å². The molecule has 1 aliphatic rings. The topological polar surface area (TPSA) is 64.9 Å². The van der Waals surface area contributed by atoms with Gasteiger partial charge in [-0.25, -0.2) is 4.98 Å². The number of aromatic nitrogens is 2. The number of H-pyrrole nitrogens is 1. The van der Waals surface area contributed by atoms with Crippen LogP contribution in [-0.4, -0.2) is 34.6 Å². The van der Waals surface area contributed by atoms with Gasteiger partial charge in [-0.3, -0.25) is 4.90 Å². The van der Waals surface area contributed by atoms with Crippen molar-refractivity contribution in [2.24, 2.45) is 0 Å². The first-order chi connectivity index (χ1) is 13.2. The second kappa shape index (κ2) is 7.75. The van der Waals surface area contributed by atoms with Crippen molar-refractivity contribution in [2.75, 3.05) is 19.8 Å². The first-order valence-electron chi connectivity index (χ1n) is 9.16. The lowest BCUT2D eigenvalue weighted by Gasteiger charge is -2.34. The van der Waals surface area contributed by atoms with Gasteiger partial charge in [0, 0.05) is 13.1 Å². The maximum absolute atomic E-state index is 9.13. The molecule has 0 radical (unpaired) electrons. The molecule has 5 heteroatoms. The number of aryl methyl sites for hydroxylation is 1. The van der Waals surface area contributed by atoms with Crippen LogP contribution >= 0.6 is 0 Å². The second-order valence-corrected chi connectivity index (χ2v) is 6.92. The van der Waals surface area contributed by atoms with E-state index in [1.807, 2.05) is 24.4 Å². The zero-order valence-electron chi connectivity index (χ0n) is 15.4. The Balaban J connectivity index is 1.55.